The Morgan fingerprint density at radius 3 is 2.77 bits per heavy atom. The lowest BCUT2D eigenvalue weighted by atomic mass is 10.2. The van der Waals surface area contributed by atoms with E-state index < -0.39 is 5.91 Å². The van der Waals surface area contributed by atoms with Gasteiger partial charge >= 0.3 is 0 Å². The summed E-state index contributed by atoms with van der Waals surface area (Å²) in [5.74, 6) is -0.454. The summed E-state index contributed by atoms with van der Waals surface area (Å²) in [4.78, 5) is 23.2. The van der Waals surface area contributed by atoms with Crippen LogP contribution in [0.1, 0.15) is 28.1 Å². The van der Waals surface area contributed by atoms with Gasteiger partial charge < -0.3 is 11.1 Å². The molecule has 4 nitrogen and oxygen atoms in total. The third-order valence-electron chi connectivity index (χ3n) is 2.99. The summed E-state index contributed by atoms with van der Waals surface area (Å²) < 4.78 is 0. The van der Waals surface area contributed by atoms with Crippen molar-refractivity contribution < 1.29 is 9.59 Å². The summed E-state index contributed by atoms with van der Waals surface area (Å²) in [6.07, 6.45) is 0. The maximum absolute atomic E-state index is 12.0. The lowest BCUT2D eigenvalue weighted by Crippen LogP contribution is -2.18. The standard InChI is InChI=1S/C15H15ClN2O2S2/c1-9(10-4-2-3-5-12(10)16)22-8-13(19)18-15-11(14(17)20)6-7-21-15/h2-7,9H,8H2,1H3,(H2,17,20)(H,18,19). The Balaban J connectivity index is 1.92. The molecule has 0 saturated heterocycles. The average Bonchev–Trinajstić information content (AvgIpc) is 2.93. The maximum Gasteiger partial charge on any atom is 0.251 e. The number of nitrogens with two attached hydrogens (primary N) is 1. The van der Waals surface area contributed by atoms with Crippen LogP contribution in [0.2, 0.25) is 5.02 Å². The normalized spacial score (nSPS) is 11.9. The molecule has 116 valence electrons. The second-order valence-corrected chi connectivity index (χ2v) is 7.20. The molecule has 1 aromatic carbocycles. The van der Waals surface area contributed by atoms with Gasteiger partial charge in [-0.1, -0.05) is 29.8 Å². The average molecular weight is 355 g/mol. The SMILES string of the molecule is CC(SCC(=O)Nc1sccc1C(N)=O)c1ccccc1Cl. The van der Waals surface area contributed by atoms with Gasteiger partial charge in [0.2, 0.25) is 5.91 Å². The van der Waals surface area contributed by atoms with Crippen LogP contribution in [0.15, 0.2) is 35.7 Å². The molecule has 0 aliphatic heterocycles. The highest BCUT2D eigenvalue weighted by Crippen LogP contribution is 2.33. The van der Waals surface area contributed by atoms with Gasteiger partial charge in [-0.2, -0.15) is 0 Å². The Kier molecular flexibility index (Phi) is 5.88. The molecule has 0 bridgehead atoms. The minimum atomic E-state index is -0.548. The zero-order chi connectivity index (χ0) is 16.1. The second kappa shape index (κ2) is 7.67. The third-order valence-corrected chi connectivity index (χ3v) is 5.35. The predicted molar refractivity (Wildman–Crippen MR) is 93.8 cm³/mol. The number of benzene rings is 1. The van der Waals surface area contributed by atoms with Crippen molar-refractivity contribution in [3.05, 3.63) is 51.9 Å². The van der Waals surface area contributed by atoms with Gasteiger partial charge in [0, 0.05) is 10.3 Å². The van der Waals surface area contributed by atoms with Crippen LogP contribution >= 0.6 is 34.7 Å². The van der Waals surface area contributed by atoms with Crippen molar-refractivity contribution in [2.75, 3.05) is 11.1 Å². The molecule has 0 fully saturated rings. The minimum absolute atomic E-state index is 0.0957. The minimum Gasteiger partial charge on any atom is -0.366 e. The van der Waals surface area contributed by atoms with Crippen molar-refractivity contribution in [1.29, 1.82) is 0 Å². The topological polar surface area (TPSA) is 72.2 Å². The first-order valence-corrected chi connectivity index (χ1v) is 8.83. The van der Waals surface area contributed by atoms with E-state index in [1.807, 2.05) is 31.2 Å². The Labute approximate surface area is 142 Å². The van der Waals surface area contributed by atoms with Gasteiger partial charge in [0.1, 0.15) is 5.00 Å². The molecule has 0 spiro atoms. The first-order chi connectivity index (χ1) is 10.5. The summed E-state index contributed by atoms with van der Waals surface area (Å²) in [5, 5.41) is 5.71. The summed E-state index contributed by atoms with van der Waals surface area (Å²) in [7, 11) is 0. The number of hydrogen-bond donors (Lipinski definition) is 2. The van der Waals surface area contributed by atoms with E-state index in [4.69, 9.17) is 17.3 Å². The molecule has 2 amide bonds. The van der Waals surface area contributed by atoms with Crippen molar-refractivity contribution in [2.45, 2.75) is 12.2 Å². The lowest BCUT2D eigenvalue weighted by molar-refractivity contribution is -0.113. The van der Waals surface area contributed by atoms with Crippen LogP contribution < -0.4 is 11.1 Å². The molecule has 2 aromatic rings. The zero-order valence-electron chi connectivity index (χ0n) is 11.8. The number of rotatable bonds is 6. The molecule has 0 aliphatic carbocycles. The first-order valence-electron chi connectivity index (χ1n) is 6.52. The van der Waals surface area contributed by atoms with E-state index in [2.05, 4.69) is 5.32 Å². The number of carbonyl (C=O) groups excluding carboxylic acids is 2. The van der Waals surface area contributed by atoms with Gasteiger partial charge in [0.15, 0.2) is 0 Å². The fraction of sp³-hybridized carbons (Fsp3) is 0.200. The number of thiophene rings is 1. The number of primary amides is 1. The number of carbonyl (C=O) groups is 2. The highest BCUT2D eigenvalue weighted by atomic mass is 35.5. The second-order valence-electron chi connectivity index (χ2n) is 4.55. The fourth-order valence-corrected chi connectivity index (χ4v) is 3.89. The number of amides is 2. The Morgan fingerprint density at radius 1 is 1.36 bits per heavy atom. The van der Waals surface area contributed by atoms with Crippen molar-refractivity contribution >= 4 is 51.5 Å². The molecule has 2 rings (SSSR count). The van der Waals surface area contributed by atoms with Gasteiger partial charge in [0.25, 0.3) is 5.91 Å². The van der Waals surface area contributed by atoms with Crippen LogP contribution in [0.5, 0.6) is 0 Å². The van der Waals surface area contributed by atoms with Crippen LogP contribution in [0.3, 0.4) is 0 Å². The van der Waals surface area contributed by atoms with Crippen LogP contribution in [0.4, 0.5) is 5.00 Å². The monoisotopic (exact) mass is 354 g/mol. The number of thioether (sulfide) groups is 1. The molecular weight excluding hydrogens is 340 g/mol. The van der Waals surface area contributed by atoms with Crippen LogP contribution in [-0.2, 0) is 4.79 Å². The smallest absolute Gasteiger partial charge is 0.251 e. The van der Waals surface area contributed by atoms with E-state index in [1.165, 1.54) is 23.1 Å². The molecule has 22 heavy (non-hydrogen) atoms. The van der Waals surface area contributed by atoms with Crippen molar-refractivity contribution in [1.82, 2.24) is 0 Å². The fourth-order valence-electron chi connectivity index (χ4n) is 1.86. The molecule has 1 unspecified atom stereocenters. The number of hydrogen-bond acceptors (Lipinski definition) is 4. The number of nitrogens with one attached hydrogen (secondary N) is 1. The zero-order valence-corrected chi connectivity index (χ0v) is 14.2. The summed E-state index contributed by atoms with van der Waals surface area (Å²) in [6.45, 7) is 2.00. The highest BCUT2D eigenvalue weighted by Gasteiger charge is 2.15. The molecule has 3 N–H and O–H groups in total. The summed E-state index contributed by atoms with van der Waals surface area (Å²) in [5.41, 5.74) is 6.58. The largest absolute Gasteiger partial charge is 0.366 e. The van der Waals surface area contributed by atoms with Gasteiger partial charge in [-0.3, -0.25) is 9.59 Å². The van der Waals surface area contributed by atoms with Gasteiger partial charge in [-0.15, -0.1) is 23.1 Å². The van der Waals surface area contributed by atoms with E-state index in [0.29, 0.717) is 15.6 Å². The maximum atomic E-state index is 12.0. The molecule has 1 atom stereocenters. The van der Waals surface area contributed by atoms with Gasteiger partial charge in [-0.05, 0) is 30.0 Å². The number of anilines is 1. The highest BCUT2D eigenvalue weighted by molar-refractivity contribution is 8.00. The molecule has 1 heterocycles. The van der Waals surface area contributed by atoms with Crippen molar-refractivity contribution in [2.24, 2.45) is 5.73 Å². The lowest BCUT2D eigenvalue weighted by Gasteiger charge is -2.13. The van der Waals surface area contributed by atoms with Crippen LogP contribution in [-0.4, -0.2) is 17.6 Å². The van der Waals surface area contributed by atoms with Crippen LogP contribution in [0.25, 0.3) is 0 Å². The molecular formula is C15H15ClN2O2S2. The number of halogens is 1. The molecule has 0 aliphatic rings. The predicted octanol–water partition coefficient (Wildman–Crippen LogP) is 3.93. The molecule has 7 heteroatoms. The Hall–Kier alpha value is -1.50. The van der Waals surface area contributed by atoms with E-state index in [-0.39, 0.29) is 16.9 Å². The Bertz CT molecular complexity index is 688. The summed E-state index contributed by atoms with van der Waals surface area (Å²) >= 11 is 8.90. The van der Waals surface area contributed by atoms with E-state index in [0.717, 1.165) is 5.56 Å². The van der Waals surface area contributed by atoms with E-state index >= 15 is 0 Å². The quantitative estimate of drug-likeness (QED) is 0.825. The van der Waals surface area contributed by atoms with Gasteiger partial charge in [-0.25, -0.2) is 0 Å². The molecule has 1 aromatic heterocycles. The first kappa shape index (κ1) is 16.9. The van der Waals surface area contributed by atoms with Crippen molar-refractivity contribution in [3.8, 4) is 0 Å². The van der Waals surface area contributed by atoms with Gasteiger partial charge in [0.05, 0.1) is 11.3 Å². The van der Waals surface area contributed by atoms with E-state index in [9.17, 15) is 9.59 Å². The van der Waals surface area contributed by atoms with E-state index in [1.54, 1.807) is 11.4 Å². The van der Waals surface area contributed by atoms with Crippen LogP contribution in [0, 0.1) is 0 Å². The molecule has 0 radical (unpaired) electrons. The third kappa shape index (κ3) is 4.25. The summed E-state index contributed by atoms with van der Waals surface area (Å²) in [6, 6.07) is 9.17. The molecule has 0 saturated carbocycles. The Morgan fingerprint density at radius 2 is 2.09 bits per heavy atom. The van der Waals surface area contributed by atoms with Crippen molar-refractivity contribution in [3.63, 3.8) is 0 Å².